The number of aryl methyl sites for hydroxylation is 1. The molecule has 0 bridgehead atoms. The van der Waals surface area contributed by atoms with Crippen molar-refractivity contribution >= 4 is 28.8 Å². The van der Waals surface area contributed by atoms with Gasteiger partial charge in [0, 0.05) is 12.2 Å². The Morgan fingerprint density at radius 3 is 2.18 bits per heavy atom. The van der Waals surface area contributed by atoms with Gasteiger partial charge in [0.2, 0.25) is 0 Å². The number of methoxy groups -OCH3 is 2. The van der Waals surface area contributed by atoms with Gasteiger partial charge in [0.15, 0.2) is 11.5 Å². The second-order valence-corrected chi connectivity index (χ2v) is 8.04. The van der Waals surface area contributed by atoms with Crippen LogP contribution < -0.4 is 19.3 Å². The van der Waals surface area contributed by atoms with Gasteiger partial charge in [-0.1, -0.05) is 36.4 Å². The molecule has 0 radical (unpaired) electrons. The molecule has 6 heteroatoms. The number of carbonyl (C=O) groups excluding carboxylic acids is 2. The quantitative estimate of drug-likeness (QED) is 0.461. The summed E-state index contributed by atoms with van der Waals surface area (Å²) in [5, 5.41) is 0. The van der Waals surface area contributed by atoms with E-state index < -0.39 is 0 Å². The number of para-hydroxylation sites is 1. The van der Waals surface area contributed by atoms with Crippen LogP contribution in [0.1, 0.15) is 23.6 Å². The summed E-state index contributed by atoms with van der Waals surface area (Å²) in [7, 11) is 3.10. The first-order chi connectivity index (χ1) is 16.4. The van der Waals surface area contributed by atoms with E-state index >= 15 is 0 Å². The third kappa shape index (κ3) is 3.81. The number of ether oxygens (including phenoxy) is 2. The van der Waals surface area contributed by atoms with Crippen molar-refractivity contribution in [3.63, 3.8) is 0 Å². The van der Waals surface area contributed by atoms with Crippen LogP contribution in [0.15, 0.2) is 72.4 Å². The molecule has 3 aromatic rings. The summed E-state index contributed by atoms with van der Waals surface area (Å²) in [6, 6.07) is 20.5. The van der Waals surface area contributed by atoms with Crippen LogP contribution >= 0.6 is 0 Å². The van der Waals surface area contributed by atoms with E-state index in [1.807, 2.05) is 74.2 Å². The summed E-state index contributed by atoms with van der Waals surface area (Å²) >= 11 is 0. The topological polar surface area (TPSA) is 59.1 Å². The third-order valence-electron chi connectivity index (χ3n) is 6.20. The van der Waals surface area contributed by atoms with E-state index in [-0.39, 0.29) is 11.8 Å². The van der Waals surface area contributed by atoms with Gasteiger partial charge in [0.05, 0.1) is 25.5 Å². The van der Waals surface area contributed by atoms with E-state index in [4.69, 9.17) is 9.47 Å². The van der Waals surface area contributed by atoms with Gasteiger partial charge in [0.25, 0.3) is 11.8 Å². The van der Waals surface area contributed by atoms with Crippen LogP contribution in [-0.4, -0.2) is 32.6 Å². The summed E-state index contributed by atoms with van der Waals surface area (Å²) in [4.78, 5) is 31.1. The second-order valence-electron chi connectivity index (χ2n) is 8.04. The fraction of sp³-hybridized carbons (Fsp3) is 0.214. The molecule has 0 atom stereocenters. The van der Waals surface area contributed by atoms with Crippen molar-refractivity contribution < 1.29 is 19.1 Å². The zero-order chi connectivity index (χ0) is 24.4. The lowest BCUT2D eigenvalue weighted by Gasteiger charge is -2.25. The van der Waals surface area contributed by atoms with Crippen molar-refractivity contribution in [2.45, 2.75) is 20.8 Å². The van der Waals surface area contributed by atoms with Gasteiger partial charge in [-0.2, -0.15) is 0 Å². The Bertz CT molecular complexity index is 1280. The largest absolute Gasteiger partial charge is 0.493 e. The fourth-order valence-corrected chi connectivity index (χ4v) is 4.29. The van der Waals surface area contributed by atoms with E-state index in [1.165, 1.54) is 4.90 Å². The van der Waals surface area contributed by atoms with Crippen LogP contribution in [0.4, 0.5) is 11.4 Å². The van der Waals surface area contributed by atoms with Gasteiger partial charge in [0.1, 0.15) is 5.70 Å². The van der Waals surface area contributed by atoms with Gasteiger partial charge >= 0.3 is 0 Å². The highest BCUT2D eigenvalue weighted by molar-refractivity contribution is 6.46. The van der Waals surface area contributed by atoms with E-state index in [1.54, 1.807) is 32.4 Å². The molecule has 0 aliphatic carbocycles. The molecule has 1 heterocycles. The molecule has 1 aliphatic rings. The molecule has 34 heavy (non-hydrogen) atoms. The molecule has 0 saturated heterocycles. The maximum absolute atomic E-state index is 14.0. The lowest BCUT2D eigenvalue weighted by molar-refractivity contribution is -0.120. The number of anilines is 2. The van der Waals surface area contributed by atoms with E-state index in [2.05, 4.69) is 0 Å². The van der Waals surface area contributed by atoms with Gasteiger partial charge in [-0.05, 0) is 67.8 Å². The number of imide groups is 1. The van der Waals surface area contributed by atoms with Crippen LogP contribution in [0, 0.1) is 13.8 Å². The molecular weight excluding hydrogens is 428 g/mol. The summed E-state index contributed by atoms with van der Waals surface area (Å²) in [6.45, 7) is 6.37. The number of amides is 2. The lowest BCUT2D eigenvalue weighted by Crippen LogP contribution is -2.35. The van der Waals surface area contributed by atoms with Gasteiger partial charge in [-0.3, -0.25) is 9.59 Å². The molecule has 3 aromatic carbocycles. The number of benzene rings is 3. The molecule has 0 spiro atoms. The number of carbonyl (C=O) groups is 2. The van der Waals surface area contributed by atoms with Crippen molar-refractivity contribution in [2.75, 3.05) is 30.6 Å². The van der Waals surface area contributed by atoms with E-state index in [0.29, 0.717) is 40.6 Å². The van der Waals surface area contributed by atoms with Gasteiger partial charge in [-0.15, -0.1) is 0 Å². The Morgan fingerprint density at radius 2 is 1.53 bits per heavy atom. The fourth-order valence-electron chi connectivity index (χ4n) is 4.29. The first-order valence-electron chi connectivity index (χ1n) is 11.2. The molecule has 0 N–H and O–H groups in total. The van der Waals surface area contributed by atoms with Gasteiger partial charge < -0.3 is 14.4 Å². The summed E-state index contributed by atoms with van der Waals surface area (Å²) in [5.41, 5.74) is 4.58. The lowest BCUT2D eigenvalue weighted by atomic mass is 10.0. The average molecular weight is 457 g/mol. The smallest absolute Gasteiger partial charge is 0.282 e. The van der Waals surface area contributed by atoms with Crippen molar-refractivity contribution in [1.82, 2.24) is 0 Å². The average Bonchev–Trinajstić information content (AvgIpc) is 3.11. The summed E-state index contributed by atoms with van der Waals surface area (Å²) in [5.74, 6) is 0.316. The predicted octanol–water partition coefficient (Wildman–Crippen LogP) is 5.13. The molecule has 174 valence electrons. The minimum absolute atomic E-state index is 0.331. The predicted molar refractivity (Wildman–Crippen MR) is 134 cm³/mol. The molecule has 0 fully saturated rings. The van der Waals surface area contributed by atoms with Crippen molar-refractivity contribution in [3.8, 4) is 11.5 Å². The molecular formula is C28H28N2O4. The second kappa shape index (κ2) is 9.43. The highest BCUT2D eigenvalue weighted by Gasteiger charge is 2.43. The van der Waals surface area contributed by atoms with Crippen LogP contribution in [0.25, 0.3) is 5.57 Å². The normalized spacial score (nSPS) is 13.5. The first-order valence-corrected chi connectivity index (χ1v) is 11.2. The van der Waals surface area contributed by atoms with Crippen LogP contribution in [-0.2, 0) is 9.59 Å². The zero-order valence-electron chi connectivity index (χ0n) is 20.1. The first kappa shape index (κ1) is 23.1. The molecule has 1 aliphatic heterocycles. The van der Waals surface area contributed by atoms with Crippen molar-refractivity contribution in [2.24, 2.45) is 0 Å². The zero-order valence-corrected chi connectivity index (χ0v) is 20.1. The Balaban J connectivity index is 1.96. The monoisotopic (exact) mass is 456 g/mol. The molecule has 0 aromatic heterocycles. The van der Waals surface area contributed by atoms with Crippen molar-refractivity contribution in [3.05, 3.63) is 89.1 Å². The van der Waals surface area contributed by atoms with Crippen LogP contribution in [0.3, 0.4) is 0 Å². The number of hydrogen-bond acceptors (Lipinski definition) is 5. The van der Waals surface area contributed by atoms with E-state index in [9.17, 15) is 9.59 Å². The molecule has 2 amide bonds. The van der Waals surface area contributed by atoms with Crippen molar-refractivity contribution in [1.29, 1.82) is 0 Å². The highest BCUT2D eigenvalue weighted by Crippen LogP contribution is 2.40. The Kier molecular flexibility index (Phi) is 6.41. The SMILES string of the molecule is CCN(C1=C(c2ccc(OC)c(OC)c2)C(=O)N(c2cccc(C)c2C)C1=O)c1ccccc1. The molecule has 6 nitrogen and oxygen atoms in total. The third-order valence-corrected chi connectivity index (χ3v) is 6.20. The summed E-state index contributed by atoms with van der Waals surface area (Å²) in [6.07, 6.45) is 0. The Morgan fingerprint density at radius 1 is 0.824 bits per heavy atom. The molecule has 4 rings (SSSR count). The summed E-state index contributed by atoms with van der Waals surface area (Å²) < 4.78 is 10.9. The maximum atomic E-state index is 14.0. The number of nitrogens with zero attached hydrogens (tertiary/aromatic N) is 2. The number of hydrogen-bond donors (Lipinski definition) is 0. The minimum Gasteiger partial charge on any atom is -0.493 e. The Hall–Kier alpha value is -4.06. The molecule has 0 saturated carbocycles. The Labute approximate surface area is 200 Å². The molecule has 0 unspecified atom stereocenters. The standard InChI is InChI=1S/C28H28N2O4/c1-6-29(21-12-8-7-9-13-21)26-25(20-15-16-23(33-4)24(17-20)34-5)27(31)30(28(26)32)22-14-10-11-18(2)19(22)3/h7-17H,6H2,1-5H3. The maximum Gasteiger partial charge on any atom is 0.282 e. The van der Waals surface area contributed by atoms with Crippen LogP contribution in [0.5, 0.6) is 11.5 Å². The number of likely N-dealkylation sites (N-methyl/N-ethyl adjacent to an activating group) is 1. The minimum atomic E-state index is -0.365. The van der Waals surface area contributed by atoms with Crippen LogP contribution in [0.2, 0.25) is 0 Å². The van der Waals surface area contributed by atoms with Gasteiger partial charge in [-0.25, -0.2) is 4.90 Å². The number of rotatable bonds is 7. The highest BCUT2D eigenvalue weighted by atomic mass is 16.5. The van der Waals surface area contributed by atoms with E-state index in [0.717, 1.165) is 16.8 Å².